The second-order valence-corrected chi connectivity index (χ2v) is 7.77. The molecule has 4 heterocycles. The molecule has 0 spiro atoms. The Labute approximate surface area is 170 Å². The van der Waals surface area contributed by atoms with Crippen molar-refractivity contribution in [3.63, 3.8) is 0 Å². The summed E-state index contributed by atoms with van der Waals surface area (Å²) in [5.74, 6) is -0.911. The van der Waals surface area contributed by atoms with Gasteiger partial charge < -0.3 is 9.64 Å². The first-order valence-electron chi connectivity index (χ1n) is 9.49. The van der Waals surface area contributed by atoms with Crippen molar-refractivity contribution in [2.75, 3.05) is 20.6 Å². The maximum atomic E-state index is 15.3. The molecule has 30 heavy (non-hydrogen) atoms. The zero-order valence-corrected chi connectivity index (χ0v) is 16.7. The molecule has 3 aromatic heterocycles. The van der Waals surface area contributed by atoms with Gasteiger partial charge in [0.1, 0.15) is 17.7 Å². The minimum atomic E-state index is -0.654. The number of hydrogen-bond donors (Lipinski definition) is 0. The van der Waals surface area contributed by atoms with Crippen molar-refractivity contribution >= 4 is 21.9 Å². The Hall–Kier alpha value is -3.33. The average molecular weight is 411 g/mol. The minimum absolute atomic E-state index is 0.179. The fraction of sp³-hybridized carbons (Fsp3) is 0.286. The third-order valence-corrected chi connectivity index (χ3v) is 5.42. The van der Waals surface area contributed by atoms with Gasteiger partial charge in [0.2, 0.25) is 5.95 Å². The second kappa shape index (κ2) is 6.60. The highest BCUT2D eigenvalue weighted by atomic mass is 19.1. The lowest BCUT2D eigenvalue weighted by Crippen LogP contribution is -2.36. The molecule has 0 aliphatic carbocycles. The van der Waals surface area contributed by atoms with Crippen molar-refractivity contribution in [1.29, 1.82) is 0 Å². The summed E-state index contributed by atoms with van der Waals surface area (Å²) >= 11 is 0. The van der Waals surface area contributed by atoms with E-state index in [1.807, 2.05) is 19.0 Å². The molecule has 0 fully saturated rings. The van der Waals surface area contributed by atoms with Crippen LogP contribution in [-0.2, 0) is 13.6 Å². The summed E-state index contributed by atoms with van der Waals surface area (Å²) in [6.07, 6.45) is 2.44. The van der Waals surface area contributed by atoms with Gasteiger partial charge in [-0.25, -0.2) is 14.2 Å². The molecule has 1 aliphatic rings. The van der Waals surface area contributed by atoms with Crippen LogP contribution in [0.5, 0.6) is 5.75 Å². The van der Waals surface area contributed by atoms with Crippen LogP contribution < -0.4 is 10.4 Å². The van der Waals surface area contributed by atoms with Crippen LogP contribution in [0.4, 0.5) is 8.78 Å². The molecule has 4 aromatic rings. The first-order valence-corrected chi connectivity index (χ1v) is 9.49. The standard InChI is InChI=1S/C21H19F2N5O2/c1-26(2)9-12-10-28-19-15(27(3)21(28)29)8-24-14-6-13(22)17(20(30-12)18(14)19)11-4-5-16(23)25-7-11/h4-8,12H,9-10H2,1-3H3/t12-/m0/s1. The van der Waals surface area contributed by atoms with Gasteiger partial charge in [-0.15, -0.1) is 0 Å². The molecule has 1 aromatic carbocycles. The Balaban J connectivity index is 1.92. The molecule has 1 atom stereocenters. The molecule has 5 rings (SSSR count). The van der Waals surface area contributed by atoms with E-state index in [-0.39, 0.29) is 11.3 Å². The molecule has 154 valence electrons. The lowest BCUT2D eigenvalue weighted by atomic mass is 10.0. The molecule has 7 nitrogen and oxygen atoms in total. The van der Waals surface area contributed by atoms with Gasteiger partial charge in [0.15, 0.2) is 0 Å². The van der Waals surface area contributed by atoms with E-state index in [1.165, 1.54) is 29.0 Å². The zero-order chi connectivity index (χ0) is 21.2. The van der Waals surface area contributed by atoms with Crippen LogP contribution in [0.25, 0.3) is 33.1 Å². The van der Waals surface area contributed by atoms with Crippen LogP contribution in [0.2, 0.25) is 0 Å². The predicted molar refractivity (Wildman–Crippen MR) is 109 cm³/mol. The van der Waals surface area contributed by atoms with Gasteiger partial charge in [-0.2, -0.15) is 4.39 Å². The quantitative estimate of drug-likeness (QED) is 0.485. The summed E-state index contributed by atoms with van der Waals surface area (Å²) < 4.78 is 38.2. The number of ether oxygens (including phenoxy) is 1. The van der Waals surface area contributed by atoms with E-state index in [2.05, 4.69) is 9.97 Å². The number of nitrogens with zero attached hydrogens (tertiary/aromatic N) is 5. The normalized spacial score (nSPS) is 15.9. The van der Waals surface area contributed by atoms with Gasteiger partial charge in [-0.05, 0) is 26.2 Å². The first kappa shape index (κ1) is 18.7. The Kier molecular flexibility index (Phi) is 4.11. The monoisotopic (exact) mass is 411 g/mol. The third-order valence-electron chi connectivity index (χ3n) is 5.42. The van der Waals surface area contributed by atoms with Crippen molar-refractivity contribution in [1.82, 2.24) is 24.0 Å². The molecule has 0 bridgehead atoms. The molecule has 0 saturated heterocycles. The molecule has 0 N–H and O–H groups in total. The molecule has 0 amide bonds. The Morgan fingerprint density at radius 1 is 1.23 bits per heavy atom. The maximum Gasteiger partial charge on any atom is 0.329 e. The van der Waals surface area contributed by atoms with E-state index in [0.717, 1.165) is 0 Å². The Morgan fingerprint density at radius 3 is 2.73 bits per heavy atom. The third kappa shape index (κ3) is 2.69. The van der Waals surface area contributed by atoms with Crippen molar-refractivity contribution in [2.24, 2.45) is 7.05 Å². The largest absolute Gasteiger partial charge is 0.486 e. The van der Waals surface area contributed by atoms with Crippen LogP contribution in [0, 0.1) is 11.8 Å². The highest BCUT2D eigenvalue weighted by Crippen LogP contribution is 2.43. The van der Waals surface area contributed by atoms with Gasteiger partial charge >= 0.3 is 5.69 Å². The van der Waals surface area contributed by atoms with E-state index in [0.29, 0.717) is 46.3 Å². The van der Waals surface area contributed by atoms with E-state index >= 15 is 4.39 Å². The summed E-state index contributed by atoms with van der Waals surface area (Å²) in [4.78, 5) is 22.9. The number of imidazole rings is 1. The average Bonchev–Trinajstić information content (AvgIpc) is 2.84. The Morgan fingerprint density at radius 2 is 2.03 bits per heavy atom. The van der Waals surface area contributed by atoms with Crippen LogP contribution in [0.1, 0.15) is 0 Å². The van der Waals surface area contributed by atoms with Gasteiger partial charge in [0.25, 0.3) is 0 Å². The first-order chi connectivity index (χ1) is 14.3. The highest BCUT2D eigenvalue weighted by molar-refractivity contribution is 6.09. The number of aryl methyl sites for hydroxylation is 1. The summed E-state index contributed by atoms with van der Waals surface area (Å²) in [5.41, 5.74) is 2.06. The molecular formula is C21H19F2N5O2. The number of halogens is 2. The number of aromatic nitrogens is 4. The van der Waals surface area contributed by atoms with Crippen LogP contribution in [0.15, 0.2) is 35.4 Å². The predicted octanol–water partition coefficient (Wildman–Crippen LogP) is 2.55. The fourth-order valence-electron chi connectivity index (χ4n) is 4.15. The highest BCUT2D eigenvalue weighted by Gasteiger charge is 2.29. The SMILES string of the molecule is CN(C)C[C@H]1Cn2c(=O)n(C)c3cnc4cc(F)c(-c5ccc(F)nc5)c(c4c32)O1. The molecule has 0 radical (unpaired) electrons. The summed E-state index contributed by atoms with van der Waals surface area (Å²) in [5, 5.41) is 0.562. The minimum Gasteiger partial charge on any atom is -0.486 e. The number of hydrogen-bond acceptors (Lipinski definition) is 5. The van der Waals surface area contributed by atoms with E-state index < -0.39 is 17.9 Å². The molecule has 1 aliphatic heterocycles. The van der Waals surface area contributed by atoms with Gasteiger partial charge in [0, 0.05) is 31.4 Å². The van der Waals surface area contributed by atoms with Crippen LogP contribution in [-0.4, -0.2) is 50.7 Å². The van der Waals surface area contributed by atoms with Crippen molar-refractivity contribution in [3.05, 3.63) is 52.8 Å². The van der Waals surface area contributed by atoms with Crippen molar-refractivity contribution < 1.29 is 13.5 Å². The van der Waals surface area contributed by atoms with Gasteiger partial charge in [0.05, 0.1) is 40.2 Å². The van der Waals surface area contributed by atoms with E-state index in [1.54, 1.807) is 17.8 Å². The molecular weight excluding hydrogens is 392 g/mol. The number of benzene rings is 1. The zero-order valence-electron chi connectivity index (χ0n) is 16.7. The van der Waals surface area contributed by atoms with Gasteiger partial charge in [-0.3, -0.25) is 14.1 Å². The van der Waals surface area contributed by atoms with Crippen molar-refractivity contribution in [2.45, 2.75) is 12.6 Å². The fourth-order valence-corrected chi connectivity index (χ4v) is 4.15. The van der Waals surface area contributed by atoms with Crippen LogP contribution >= 0.6 is 0 Å². The summed E-state index contributed by atoms with van der Waals surface area (Å²) in [6.45, 7) is 0.828. The lowest BCUT2D eigenvalue weighted by molar-refractivity contribution is 0.147. The molecule has 9 heteroatoms. The maximum absolute atomic E-state index is 15.3. The second-order valence-electron chi connectivity index (χ2n) is 7.77. The van der Waals surface area contributed by atoms with E-state index in [4.69, 9.17) is 4.74 Å². The number of pyridine rings is 2. The lowest BCUT2D eigenvalue weighted by Gasteiger charge is -2.23. The summed E-state index contributed by atoms with van der Waals surface area (Å²) in [7, 11) is 5.49. The molecule has 0 unspecified atom stereocenters. The summed E-state index contributed by atoms with van der Waals surface area (Å²) in [6, 6.07) is 3.95. The van der Waals surface area contributed by atoms with Gasteiger partial charge in [-0.1, -0.05) is 0 Å². The topological polar surface area (TPSA) is 65.2 Å². The number of rotatable bonds is 3. The molecule has 0 saturated carbocycles. The number of likely N-dealkylation sites (N-methyl/N-ethyl adjacent to an activating group) is 1. The van der Waals surface area contributed by atoms with Crippen molar-refractivity contribution in [3.8, 4) is 16.9 Å². The Bertz CT molecular complexity index is 1360. The van der Waals surface area contributed by atoms with E-state index in [9.17, 15) is 9.18 Å². The smallest absolute Gasteiger partial charge is 0.329 e. The van der Waals surface area contributed by atoms with Crippen LogP contribution in [0.3, 0.4) is 0 Å².